The van der Waals surface area contributed by atoms with E-state index in [1.54, 1.807) is 20.4 Å². The molecule has 0 saturated carbocycles. The maximum atomic E-state index is 5.43. The second-order valence-corrected chi connectivity index (χ2v) is 5.12. The maximum Gasteiger partial charge on any atom is 0.217 e. The standard InChI is InChI=1S/C14H24N2O2/c1-11(9-14(2,3)18-5)16-10-12-7-6-8-15-13(12)17-4/h6-8,11,16H,9-10H2,1-5H3. The van der Waals surface area contributed by atoms with E-state index in [4.69, 9.17) is 9.47 Å². The average molecular weight is 252 g/mol. The molecule has 0 aliphatic carbocycles. The van der Waals surface area contributed by atoms with Gasteiger partial charge in [-0.15, -0.1) is 0 Å². The highest BCUT2D eigenvalue weighted by molar-refractivity contribution is 5.25. The molecule has 0 amide bonds. The van der Waals surface area contributed by atoms with Gasteiger partial charge in [0.25, 0.3) is 0 Å². The fourth-order valence-corrected chi connectivity index (χ4v) is 1.92. The molecule has 0 aliphatic rings. The molecule has 0 spiro atoms. The summed E-state index contributed by atoms with van der Waals surface area (Å²) in [5.41, 5.74) is 0.966. The first-order valence-electron chi connectivity index (χ1n) is 6.25. The summed E-state index contributed by atoms with van der Waals surface area (Å²) in [4.78, 5) is 4.18. The fraction of sp³-hybridized carbons (Fsp3) is 0.643. The summed E-state index contributed by atoms with van der Waals surface area (Å²) >= 11 is 0. The Morgan fingerprint density at radius 3 is 2.72 bits per heavy atom. The number of methoxy groups -OCH3 is 2. The summed E-state index contributed by atoms with van der Waals surface area (Å²) in [7, 11) is 3.39. The summed E-state index contributed by atoms with van der Waals surface area (Å²) in [6, 6.07) is 4.31. The van der Waals surface area contributed by atoms with Crippen molar-refractivity contribution in [1.82, 2.24) is 10.3 Å². The van der Waals surface area contributed by atoms with E-state index in [1.807, 2.05) is 12.1 Å². The number of aromatic nitrogens is 1. The van der Waals surface area contributed by atoms with Crippen molar-refractivity contribution in [1.29, 1.82) is 0 Å². The molecule has 1 heterocycles. The number of nitrogens with zero attached hydrogens (tertiary/aromatic N) is 1. The summed E-state index contributed by atoms with van der Waals surface area (Å²) in [6.45, 7) is 7.09. The van der Waals surface area contributed by atoms with Gasteiger partial charge in [-0.05, 0) is 33.3 Å². The minimum absolute atomic E-state index is 0.106. The van der Waals surface area contributed by atoms with Gasteiger partial charge in [0.15, 0.2) is 0 Å². The summed E-state index contributed by atoms with van der Waals surface area (Å²) in [5, 5.41) is 3.46. The van der Waals surface area contributed by atoms with Gasteiger partial charge in [0.05, 0.1) is 12.7 Å². The minimum Gasteiger partial charge on any atom is -0.481 e. The smallest absolute Gasteiger partial charge is 0.217 e. The monoisotopic (exact) mass is 252 g/mol. The second-order valence-electron chi connectivity index (χ2n) is 5.12. The van der Waals surface area contributed by atoms with Crippen molar-refractivity contribution in [2.45, 2.75) is 45.4 Å². The van der Waals surface area contributed by atoms with Gasteiger partial charge in [-0.1, -0.05) is 6.07 Å². The van der Waals surface area contributed by atoms with E-state index in [2.05, 4.69) is 31.1 Å². The minimum atomic E-state index is -0.106. The van der Waals surface area contributed by atoms with Crippen LogP contribution in [0.2, 0.25) is 0 Å². The number of ether oxygens (including phenoxy) is 2. The lowest BCUT2D eigenvalue weighted by Gasteiger charge is -2.27. The molecule has 1 rings (SSSR count). The topological polar surface area (TPSA) is 43.4 Å². The Hall–Kier alpha value is -1.13. The third-order valence-corrected chi connectivity index (χ3v) is 3.03. The molecule has 4 heteroatoms. The van der Waals surface area contributed by atoms with Crippen LogP contribution in [0.3, 0.4) is 0 Å². The first kappa shape index (κ1) is 14.9. The first-order chi connectivity index (χ1) is 8.48. The molecular weight excluding hydrogens is 228 g/mol. The van der Waals surface area contributed by atoms with Crippen LogP contribution in [0.4, 0.5) is 0 Å². The predicted molar refractivity (Wildman–Crippen MR) is 72.8 cm³/mol. The number of hydrogen-bond acceptors (Lipinski definition) is 4. The van der Waals surface area contributed by atoms with Gasteiger partial charge >= 0.3 is 0 Å². The van der Waals surface area contributed by atoms with Crippen LogP contribution in [-0.4, -0.2) is 30.8 Å². The lowest BCUT2D eigenvalue weighted by atomic mass is 10.00. The molecule has 1 N–H and O–H groups in total. The van der Waals surface area contributed by atoms with Crippen LogP contribution in [0.1, 0.15) is 32.8 Å². The van der Waals surface area contributed by atoms with Crippen LogP contribution in [-0.2, 0) is 11.3 Å². The highest BCUT2D eigenvalue weighted by Crippen LogP contribution is 2.17. The molecule has 4 nitrogen and oxygen atoms in total. The van der Waals surface area contributed by atoms with Crippen LogP contribution in [0, 0.1) is 0 Å². The average Bonchev–Trinajstić information content (AvgIpc) is 2.36. The highest BCUT2D eigenvalue weighted by atomic mass is 16.5. The quantitative estimate of drug-likeness (QED) is 0.809. The van der Waals surface area contributed by atoms with E-state index in [0.717, 1.165) is 18.5 Å². The van der Waals surface area contributed by atoms with E-state index < -0.39 is 0 Å². The molecule has 1 atom stereocenters. The maximum absolute atomic E-state index is 5.43. The van der Waals surface area contributed by atoms with Gasteiger partial charge in [-0.25, -0.2) is 4.98 Å². The van der Waals surface area contributed by atoms with E-state index in [-0.39, 0.29) is 5.60 Å². The highest BCUT2D eigenvalue weighted by Gasteiger charge is 2.20. The number of hydrogen-bond donors (Lipinski definition) is 1. The summed E-state index contributed by atoms with van der Waals surface area (Å²) in [6.07, 6.45) is 2.69. The van der Waals surface area contributed by atoms with Crippen molar-refractivity contribution >= 4 is 0 Å². The SMILES string of the molecule is COc1ncccc1CNC(C)CC(C)(C)OC. The predicted octanol–water partition coefficient (Wildman–Crippen LogP) is 2.38. The van der Waals surface area contributed by atoms with Crippen LogP contribution < -0.4 is 10.1 Å². The summed E-state index contributed by atoms with van der Waals surface area (Å²) < 4.78 is 10.7. The van der Waals surface area contributed by atoms with Gasteiger partial charge in [-0.3, -0.25) is 0 Å². The van der Waals surface area contributed by atoms with E-state index in [1.165, 1.54) is 0 Å². The zero-order valence-corrected chi connectivity index (χ0v) is 12.0. The third kappa shape index (κ3) is 4.63. The molecule has 0 aromatic carbocycles. The van der Waals surface area contributed by atoms with Gasteiger partial charge in [0.2, 0.25) is 5.88 Å². The first-order valence-corrected chi connectivity index (χ1v) is 6.25. The van der Waals surface area contributed by atoms with Crippen LogP contribution in [0.15, 0.2) is 18.3 Å². The van der Waals surface area contributed by atoms with Gasteiger partial charge < -0.3 is 14.8 Å². The van der Waals surface area contributed by atoms with Crippen LogP contribution >= 0.6 is 0 Å². The van der Waals surface area contributed by atoms with Gasteiger partial charge in [0, 0.05) is 31.5 Å². The largest absolute Gasteiger partial charge is 0.481 e. The molecule has 0 fully saturated rings. The Morgan fingerprint density at radius 2 is 2.11 bits per heavy atom. The number of pyridine rings is 1. The van der Waals surface area contributed by atoms with Crippen molar-refractivity contribution in [3.63, 3.8) is 0 Å². The Morgan fingerprint density at radius 1 is 1.39 bits per heavy atom. The van der Waals surface area contributed by atoms with Crippen molar-refractivity contribution in [3.05, 3.63) is 23.9 Å². The van der Waals surface area contributed by atoms with Gasteiger partial charge in [0.1, 0.15) is 0 Å². The number of nitrogens with one attached hydrogen (secondary N) is 1. The zero-order valence-electron chi connectivity index (χ0n) is 12.0. The molecule has 102 valence electrons. The van der Waals surface area contributed by atoms with Crippen molar-refractivity contribution < 1.29 is 9.47 Å². The molecule has 0 radical (unpaired) electrons. The third-order valence-electron chi connectivity index (χ3n) is 3.03. The molecule has 1 unspecified atom stereocenters. The summed E-state index contributed by atoms with van der Waals surface area (Å²) in [5.74, 6) is 0.684. The van der Waals surface area contributed by atoms with E-state index in [9.17, 15) is 0 Å². The fourth-order valence-electron chi connectivity index (χ4n) is 1.92. The van der Waals surface area contributed by atoms with Crippen molar-refractivity contribution in [3.8, 4) is 5.88 Å². The molecule has 18 heavy (non-hydrogen) atoms. The normalized spacial score (nSPS) is 13.4. The Kier molecular flexibility index (Phi) is 5.56. The van der Waals surface area contributed by atoms with Gasteiger partial charge in [-0.2, -0.15) is 0 Å². The zero-order chi connectivity index (χ0) is 13.6. The molecule has 0 saturated heterocycles. The molecule has 1 aromatic heterocycles. The van der Waals surface area contributed by atoms with E-state index >= 15 is 0 Å². The lowest BCUT2D eigenvalue weighted by molar-refractivity contribution is 0.00843. The lowest BCUT2D eigenvalue weighted by Crippen LogP contribution is -2.35. The van der Waals surface area contributed by atoms with Crippen molar-refractivity contribution in [2.24, 2.45) is 0 Å². The van der Waals surface area contributed by atoms with Crippen LogP contribution in [0.25, 0.3) is 0 Å². The second kappa shape index (κ2) is 6.71. The molecule has 0 bridgehead atoms. The number of rotatable bonds is 7. The molecule has 0 aliphatic heterocycles. The van der Waals surface area contributed by atoms with Crippen molar-refractivity contribution in [2.75, 3.05) is 14.2 Å². The Bertz CT molecular complexity index is 367. The molecular formula is C14H24N2O2. The van der Waals surface area contributed by atoms with E-state index in [0.29, 0.717) is 11.9 Å². The molecule has 1 aromatic rings. The van der Waals surface area contributed by atoms with Crippen LogP contribution in [0.5, 0.6) is 5.88 Å². The Balaban J connectivity index is 2.50. The Labute approximate surface area is 110 Å².